The number of halogens is 1. The van der Waals surface area contributed by atoms with Gasteiger partial charge < -0.3 is 10.6 Å². The van der Waals surface area contributed by atoms with E-state index in [1.807, 2.05) is 7.05 Å². The van der Waals surface area contributed by atoms with Gasteiger partial charge in [0.15, 0.2) is 0 Å². The molecule has 1 aliphatic rings. The van der Waals surface area contributed by atoms with Crippen LogP contribution in [0.2, 0.25) is 0 Å². The van der Waals surface area contributed by atoms with E-state index in [9.17, 15) is 4.79 Å². The van der Waals surface area contributed by atoms with Crippen molar-refractivity contribution >= 4 is 30.1 Å². The van der Waals surface area contributed by atoms with Crippen molar-refractivity contribution in [2.45, 2.75) is 30.7 Å². The molecule has 2 N–H and O–H groups in total. The molecule has 6 heteroatoms. The van der Waals surface area contributed by atoms with Crippen molar-refractivity contribution in [2.24, 2.45) is 0 Å². The Labute approximate surface area is 150 Å². The Kier molecular flexibility index (Phi) is 9.63. The Balaban J connectivity index is 0.00000264. The molecule has 1 amide bonds. The molecule has 0 aromatic heterocycles. The number of aryl methyl sites for hydroxylation is 1. The first-order chi connectivity index (χ1) is 10.7. The lowest BCUT2D eigenvalue weighted by Gasteiger charge is -2.31. The molecule has 1 aromatic carbocycles. The van der Waals surface area contributed by atoms with E-state index >= 15 is 0 Å². The van der Waals surface area contributed by atoms with Gasteiger partial charge in [-0.3, -0.25) is 9.69 Å². The number of likely N-dealkylation sites (N-methyl/N-ethyl adjacent to an activating group) is 1. The van der Waals surface area contributed by atoms with Crippen LogP contribution >= 0.6 is 24.2 Å². The van der Waals surface area contributed by atoms with Crippen molar-refractivity contribution < 1.29 is 4.79 Å². The second-order valence-corrected chi connectivity index (χ2v) is 7.04. The number of amides is 1. The van der Waals surface area contributed by atoms with Gasteiger partial charge >= 0.3 is 0 Å². The minimum absolute atomic E-state index is 0. The molecule has 1 aliphatic heterocycles. The molecule has 1 fully saturated rings. The smallest absolute Gasteiger partial charge is 0.234 e. The summed E-state index contributed by atoms with van der Waals surface area (Å²) in [5.74, 6) is 1.05. The standard InChI is InChI=1S/C17H27N3OS.ClH/c1-14-5-7-16(8-6-14)22-11-9-19-17(21)13-20-10-3-4-15(12-20)18-2;/h5-8,15,18H,3-4,9-13H2,1-2H3,(H,19,21);1H. The van der Waals surface area contributed by atoms with Crippen LogP contribution in [0.15, 0.2) is 29.2 Å². The maximum atomic E-state index is 12.0. The summed E-state index contributed by atoms with van der Waals surface area (Å²) >= 11 is 1.78. The highest BCUT2D eigenvalue weighted by Gasteiger charge is 2.19. The largest absolute Gasteiger partial charge is 0.354 e. The second kappa shape index (κ2) is 10.9. The first-order valence-corrected chi connectivity index (χ1v) is 9.01. The second-order valence-electron chi connectivity index (χ2n) is 5.87. The summed E-state index contributed by atoms with van der Waals surface area (Å²) < 4.78 is 0. The molecular formula is C17H28ClN3OS. The summed E-state index contributed by atoms with van der Waals surface area (Å²) in [6.07, 6.45) is 2.38. The number of rotatable bonds is 7. The Bertz CT molecular complexity index is 469. The average Bonchev–Trinajstić information content (AvgIpc) is 2.53. The number of hydrogen-bond acceptors (Lipinski definition) is 4. The molecule has 0 saturated carbocycles. The zero-order chi connectivity index (χ0) is 15.8. The molecule has 23 heavy (non-hydrogen) atoms. The molecule has 4 nitrogen and oxygen atoms in total. The number of hydrogen-bond donors (Lipinski definition) is 2. The monoisotopic (exact) mass is 357 g/mol. The van der Waals surface area contributed by atoms with Crippen LogP contribution in [-0.4, -0.2) is 55.8 Å². The van der Waals surface area contributed by atoms with Crippen molar-refractivity contribution in [3.63, 3.8) is 0 Å². The number of benzene rings is 1. The molecule has 1 atom stereocenters. The molecule has 1 aromatic rings. The quantitative estimate of drug-likeness (QED) is 0.580. The number of likely N-dealkylation sites (tertiary alicyclic amines) is 1. The highest BCUT2D eigenvalue weighted by molar-refractivity contribution is 7.99. The van der Waals surface area contributed by atoms with Crippen LogP contribution in [0.5, 0.6) is 0 Å². The zero-order valence-corrected chi connectivity index (χ0v) is 15.6. The van der Waals surface area contributed by atoms with Crippen molar-refractivity contribution in [3.05, 3.63) is 29.8 Å². The summed E-state index contributed by atoms with van der Waals surface area (Å²) in [5, 5.41) is 6.33. The van der Waals surface area contributed by atoms with E-state index in [0.29, 0.717) is 12.6 Å². The normalized spacial score (nSPS) is 18.3. The van der Waals surface area contributed by atoms with E-state index in [1.165, 1.54) is 23.3 Å². The van der Waals surface area contributed by atoms with Crippen LogP contribution in [-0.2, 0) is 4.79 Å². The molecule has 130 valence electrons. The summed E-state index contributed by atoms with van der Waals surface area (Å²) in [5.41, 5.74) is 1.28. The van der Waals surface area contributed by atoms with Crippen molar-refractivity contribution in [3.8, 4) is 0 Å². The number of carbonyl (C=O) groups excluding carboxylic acids is 1. The fourth-order valence-electron chi connectivity index (χ4n) is 2.69. The number of nitrogens with zero attached hydrogens (tertiary/aromatic N) is 1. The highest BCUT2D eigenvalue weighted by Crippen LogP contribution is 2.17. The summed E-state index contributed by atoms with van der Waals surface area (Å²) in [7, 11) is 2.00. The van der Waals surface area contributed by atoms with Crippen LogP contribution < -0.4 is 10.6 Å². The lowest BCUT2D eigenvalue weighted by Crippen LogP contribution is -2.48. The third-order valence-corrected chi connectivity index (χ3v) is 5.01. The molecule has 1 saturated heterocycles. The van der Waals surface area contributed by atoms with Crippen LogP contribution in [0.25, 0.3) is 0 Å². The maximum absolute atomic E-state index is 12.0. The molecule has 0 aliphatic carbocycles. The van der Waals surface area contributed by atoms with E-state index in [-0.39, 0.29) is 18.3 Å². The minimum Gasteiger partial charge on any atom is -0.354 e. The number of thioether (sulfide) groups is 1. The lowest BCUT2D eigenvalue weighted by molar-refractivity contribution is -0.122. The summed E-state index contributed by atoms with van der Waals surface area (Å²) in [4.78, 5) is 15.5. The number of piperidine rings is 1. The molecule has 1 heterocycles. The van der Waals surface area contributed by atoms with Crippen LogP contribution in [0.4, 0.5) is 0 Å². The van der Waals surface area contributed by atoms with Crippen molar-refractivity contribution in [1.82, 2.24) is 15.5 Å². The number of nitrogens with one attached hydrogen (secondary N) is 2. The van der Waals surface area contributed by atoms with Gasteiger partial charge in [-0.15, -0.1) is 24.2 Å². The van der Waals surface area contributed by atoms with Gasteiger partial charge in [-0.25, -0.2) is 0 Å². The predicted octanol–water partition coefficient (Wildman–Crippen LogP) is 2.31. The van der Waals surface area contributed by atoms with Gasteiger partial charge in [0, 0.05) is 29.8 Å². The van der Waals surface area contributed by atoms with Gasteiger partial charge in [0.25, 0.3) is 0 Å². The Hall–Kier alpha value is -0.750. The lowest BCUT2D eigenvalue weighted by atomic mass is 10.1. The predicted molar refractivity (Wildman–Crippen MR) is 101 cm³/mol. The van der Waals surface area contributed by atoms with Crippen LogP contribution in [0.1, 0.15) is 18.4 Å². The molecule has 0 radical (unpaired) electrons. The average molecular weight is 358 g/mol. The van der Waals surface area contributed by atoms with Gasteiger partial charge in [-0.05, 0) is 45.5 Å². The van der Waals surface area contributed by atoms with Crippen molar-refractivity contribution in [2.75, 3.05) is 39.0 Å². The molecule has 1 unspecified atom stereocenters. The fraction of sp³-hybridized carbons (Fsp3) is 0.588. The van der Waals surface area contributed by atoms with Crippen molar-refractivity contribution in [1.29, 1.82) is 0 Å². The maximum Gasteiger partial charge on any atom is 0.234 e. The van der Waals surface area contributed by atoms with E-state index in [4.69, 9.17) is 0 Å². The molecule has 0 bridgehead atoms. The first kappa shape index (κ1) is 20.3. The minimum atomic E-state index is 0. The first-order valence-electron chi connectivity index (χ1n) is 8.03. The highest BCUT2D eigenvalue weighted by atomic mass is 35.5. The van der Waals surface area contributed by atoms with Gasteiger partial charge in [0.2, 0.25) is 5.91 Å². The van der Waals surface area contributed by atoms with E-state index in [1.54, 1.807) is 11.8 Å². The Morgan fingerprint density at radius 3 is 2.78 bits per heavy atom. The van der Waals surface area contributed by atoms with Gasteiger partial charge in [0.1, 0.15) is 0 Å². The topological polar surface area (TPSA) is 44.4 Å². The molecular weight excluding hydrogens is 330 g/mol. The molecule has 0 spiro atoms. The SMILES string of the molecule is CNC1CCCN(CC(=O)NCCSc2ccc(C)cc2)C1.Cl. The van der Waals surface area contributed by atoms with Gasteiger partial charge in [0.05, 0.1) is 6.54 Å². The third kappa shape index (κ3) is 7.57. The third-order valence-electron chi connectivity index (χ3n) is 3.99. The molecule has 2 rings (SSSR count). The Morgan fingerprint density at radius 1 is 1.35 bits per heavy atom. The van der Waals surface area contributed by atoms with E-state index < -0.39 is 0 Å². The van der Waals surface area contributed by atoms with Gasteiger partial charge in [-0.1, -0.05) is 17.7 Å². The van der Waals surface area contributed by atoms with E-state index in [2.05, 4.69) is 46.7 Å². The summed E-state index contributed by atoms with van der Waals surface area (Å²) in [6, 6.07) is 9.03. The zero-order valence-electron chi connectivity index (χ0n) is 14.0. The van der Waals surface area contributed by atoms with E-state index in [0.717, 1.165) is 25.4 Å². The fourth-order valence-corrected chi connectivity index (χ4v) is 3.46. The summed E-state index contributed by atoms with van der Waals surface area (Å²) in [6.45, 7) is 5.34. The van der Waals surface area contributed by atoms with Crippen LogP contribution in [0, 0.1) is 6.92 Å². The van der Waals surface area contributed by atoms with Gasteiger partial charge in [-0.2, -0.15) is 0 Å². The Morgan fingerprint density at radius 2 is 2.09 bits per heavy atom. The number of carbonyl (C=O) groups is 1. The van der Waals surface area contributed by atoms with Crippen LogP contribution in [0.3, 0.4) is 0 Å².